The molecular formula is C16H27N7O3. The van der Waals surface area contributed by atoms with Gasteiger partial charge < -0.3 is 16.0 Å². The third kappa shape index (κ3) is 5.50. The highest BCUT2D eigenvalue weighted by atomic mass is 16.2. The van der Waals surface area contributed by atoms with Crippen molar-refractivity contribution in [3.8, 4) is 0 Å². The molecule has 2 unspecified atom stereocenters. The second-order valence-electron chi connectivity index (χ2n) is 7.61. The SMILES string of the molecule is CC(C)C1CCC(C(=O)NCC(C)(C)NC(=O)Cn2ncnn2)C(=O)N1. The highest BCUT2D eigenvalue weighted by Crippen LogP contribution is 2.20. The van der Waals surface area contributed by atoms with Gasteiger partial charge in [-0.1, -0.05) is 13.8 Å². The minimum Gasteiger partial charge on any atom is -0.353 e. The Morgan fingerprint density at radius 1 is 1.38 bits per heavy atom. The van der Waals surface area contributed by atoms with E-state index in [0.29, 0.717) is 12.3 Å². The highest BCUT2D eigenvalue weighted by Gasteiger charge is 2.34. The summed E-state index contributed by atoms with van der Waals surface area (Å²) in [5.74, 6) is -1.18. The van der Waals surface area contributed by atoms with E-state index in [1.165, 1.54) is 11.1 Å². The summed E-state index contributed by atoms with van der Waals surface area (Å²) in [7, 11) is 0. The molecule has 0 radical (unpaired) electrons. The van der Waals surface area contributed by atoms with Crippen molar-refractivity contribution in [3.63, 3.8) is 0 Å². The lowest BCUT2D eigenvalue weighted by atomic mass is 9.88. The molecule has 0 spiro atoms. The van der Waals surface area contributed by atoms with Gasteiger partial charge in [-0.05, 0) is 37.8 Å². The predicted molar refractivity (Wildman–Crippen MR) is 92.5 cm³/mol. The average Bonchev–Trinajstić information content (AvgIpc) is 3.04. The predicted octanol–water partition coefficient (Wildman–Crippen LogP) is -0.765. The van der Waals surface area contributed by atoms with E-state index in [1.54, 1.807) is 13.8 Å². The molecule has 1 saturated heterocycles. The Balaban J connectivity index is 1.80. The Hall–Kier alpha value is -2.52. The summed E-state index contributed by atoms with van der Waals surface area (Å²) in [5, 5.41) is 19.4. The van der Waals surface area contributed by atoms with Crippen LogP contribution in [0.1, 0.15) is 40.5 Å². The normalized spacial score (nSPS) is 20.6. The molecule has 0 bridgehead atoms. The fraction of sp³-hybridized carbons (Fsp3) is 0.750. The number of nitrogens with zero attached hydrogens (tertiary/aromatic N) is 4. The van der Waals surface area contributed by atoms with E-state index in [1.807, 2.05) is 13.8 Å². The van der Waals surface area contributed by atoms with Gasteiger partial charge in [0.05, 0.1) is 5.54 Å². The number of nitrogens with one attached hydrogen (secondary N) is 3. The van der Waals surface area contributed by atoms with Crippen LogP contribution in [0.3, 0.4) is 0 Å². The van der Waals surface area contributed by atoms with Crippen LogP contribution in [0, 0.1) is 11.8 Å². The van der Waals surface area contributed by atoms with Gasteiger partial charge in [0.2, 0.25) is 17.7 Å². The first-order chi connectivity index (χ1) is 12.2. The number of rotatable bonds is 7. The second-order valence-corrected chi connectivity index (χ2v) is 7.61. The van der Waals surface area contributed by atoms with Crippen molar-refractivity contribution in [1.29, 1.82) is 0 Å². The minimum atomic E-state index is -0.684. The smallest absolute Gasteiger partial charge is 0.244 e. The van der Waals surface area contributed by atoms with E-state index in [2.05, 4.69) is 31.4 Å². The van der Waals surface area contributed by atoms with Crippen LogP contribution in [0.2, 0.25) is 0 Å². The van der Waals surface area contributed by atoms with Gasteiger partial charge in [-0.3, -0.25) is 14.4 Å². The first kappa shape index (κ1) is 19.8. The largest absolute Gasteiger partial charge is 0.353 e. The Bertz CT molecular complexity index is 642. The summed E-state index contributed by atoms with van der Waals surface area (Å²) >= 11 is 0. The first-order valence-electron chi connectivity index (χ1n) is 8.78. The van der Waals surface area contributed by atoms with Crippen LogP contribution >= 0.6 is 0 Å². The summed E-state index contributed by atoms with van der Waals surface area (Å²) in [5.41, 5.74) is -0.682. The lowest BCUT2D eigenvalue weighted by Crippen LogP contribution is -2.55. The molecule has 1 aromatic rings. The molecule has 0 aliphatic carbocycles. The molecule has 2 atom stereocenters. The summed E-state index contributed by atoms with van der Waals surface area (Å²) in [6.07, 6.45) is 2.56. The lowest BCUT2D eigenvalue weighted by molar-refractivity contribution is -0.138. The van der Waals surface area contributed by atoms with Crippen LogP contribution in [0.25, 0.3) is 0 Å². The molecule has 1 aromatic heterocycles. The van der Waals surface area contributed by atoms with E-state index >= 15 is 0 Å². The van der Waals surface area contributed by atoms with Crippen molar-refractivity contribution in [2.24, 2.45) is 11.8 Å². The van der Waals surface area contributed by atoms with Gasteiger partial charge in [-0.25, -0.2) is 0 Å². The maximum absolute atomic E-state index is 12.4. The van der Waals surface area contributed by atoms with Gasteiger partial charge >= 0.3 is 0 Å². The van der Waals surface area contributed by atoms with Crippen molar-refractivity contribution in [1.82, 2.24) is 36.2 Å². The molecule has 144 valence electrons. The fourth-order valence-electron chi connectivity index (χ4n) is 2.86. The molecule has 2 heterocycles. The average molecular weight is 365 g/mol. The zero-order valence-electron chi connectivity index (χ0n) is 15.7. The molecule has 3 amide bonds. The molecule has 1 aliphatic heterocycles. The maximum Gasteiger partial charge on any atom is 0.244 e. The highest BCUT2D eigenvalue weighted by molar-refractivity contribution is 6.00. The van der Waals surface area contributed by atoms with Gasteiger partial charge in [-0.2, -0.15) is 4.80 Å². The van der Waals surface area contributed by atoms with Gasteiger partial charge in [0.1, 0.15) is 12.5 Å². The Morgan fingerprint density at radius 2 is 2.12 bits per heavy atom. The zero-order chi connectivity index (χ0) is 19.3. The van der Waals surface area contributed by atoms with E-state index in [-0.39, 0.29) is 36.9 Å². The van der Waals surface area contributed by atoms with Gasteiger partial charge in [0.25, 0.3) is 0 Å². The molecule has 1 fully saturated rings. The van der Waals surface area contributed by atoms with Gasteiger partial charge in [-0.15, -0.1) is 10.2 Å². The van der Waals surface area contributed by atoms with Crippen LogP contribution in [0.15, 0.2) is 6.33 Å². The molecule has 3 N–H and O–H groups in total. The Morgan fingerprint density at radius 3 is 2.69 bits per heavy atom. The number of aromatic nitrogens is 4. The number of carbonyl (C=O) groups excluding carboxylic acids is 3. The molecule has 1 aliphatic rings. The summed E-state index contributed by atoms with van der Waals surface area (Å²) in [6, 6.07) is 0.118. The minimum absolute atomic E-state index is 0.0565. The van der Waals surface area contributed by atoms with Crippen molar-refractivity contribution in [2.75, 3.05) is 6.54 Å². The monoisotopic (exact) mass is 365 g/mol. The molecule has 10 heteroatoms. The summed E-state index contributed by atoms with van der Waals surface area (Å²) in [6.45, 7) is 7.82. The number of carbonyl (C=O) groups is 3. The standard InChI is InChI=1S/C16H27N7O3/c1-10(2)12-6-5-11(15(26)20-12)14(25)17-8-16(3,4)21-13(24)7-23-19-9-18-22-23/h9-12H,5-8H2,1-4H3,(H,17,25)(H,20,26)(H,21,24). The van der Waals surface area contributed by atoms with Gasteiger partial charge in [0.15, 0.2) is 6.33 Å². The molecule has 2 rings (SSSR count). The molecule has 0 aromatic carbocycles. The molecule has 26 heavy (non-hydrogen) atoms. The first-order valence-corrected chi connectivity index (χ1v) is 8.78. The van der Waals surface area contributed by atoms with Crippen LogP contribution in [0.5, 0.6) is 0 Å². The zero-order valence-corrected chi connectivity index (χ0v) is 15.7. The third-order valence-electron chi connectivity index (χ3n) is 4.39. The van der Waals surface area contributed by atoms with Crippen LogP contribution in [-0.2, 0) is 20.9 Å². The van der Waals surface area contributed by atoms with Crippen LogP contribution in [0.4, 0.5) is 0 Å². The van der Waals surface area contributed by atoms with Gasteiger partial charge in [0, 0.05) is 12.6 Å². The van der Waals surface area contributed by atoms with Crippen molar-refractivity contribution >= 4 is 17.7 Å². The molecule has 0 saturated carbocycles. The third-order valence-corrected chi connectivity index (χ3v) is 4.39. The van der Waals surface area contributed by atoms with Crippen molar-refractivity contribution in [2.45, 2.75) is 58.7 Å². The second kappa shape index (κ2) is 8.24. The van der Waals surface area contributed by atoms with E-state index in [4.69, 9.17) is 0 Å². The lowest BCUT2D eigenvalue weighted by Gasteiger charge is -2.32. The number of hydrogen-bond donors (Lipinski definition) is 3. The van der Waals surface area contributed by atoms with Crippen LogP contribution in [-0.4, -0.2) is 56.1 Å². The Labute approximate surface area is 152 Å². The fourth-order valence-corrected chi connectivity index (χ4v) is 2.86. The quantitative estimate of drug-likeness (QED) is 0.544. The number of piperidine rings is 1. The topological polar surface area (TPSA) is 131 Å². The number of tetrazole rings is 1. The summed E-state index contributed by atoms with van der Waals surface area (Å²) in [4.78, 5) is 37.7. The summed E-state index contributed by atoms with van der Waals surface area (Å²) < 4.78 is 0. The van der Waals surface area contributed by atoms with E-state index < -0.39 is 11.5 Å². The Kier molecular flexibility index (Phi) is 6.27. The number of hydrogen-bond acceptors (Lipinski definition) is 6. The van der Waals surface area contributed by atoms with Crippen LogP contribution < -0.4 is 16.0 Å². The molecule has 10 nitrogen and oxygen atoms in total. The maximum atomic E-state index is 12.4. The van der Waals surface area contributed by atoms with Crippen molar-refractivity contribution < 1.29 is 14.4 Å². The van der Waals surface area contributed by atoms with Crippen molar-refractivity contribution in [3.05, 3.63) is 6.33 Å². The van der Waals surface area contributed by atoms with E-state index in [9.17, 15) is 14.4 Å². The molecular weight excluding hydrogens is 338 g/mol. The number of amides is 3. The van der Waals surface area contributed by atoms with E-state index in [0.717, 1.165) is 6.42 Å².